The molecule has 0 aliphatic heterocycles. The lowest BCUT2D eigenvalue weighted by atomic mass is 9.46. The van der Waals surface area contributed by atoms with E-state index in [9.17, 15) is 4.79 Å². The number of allylic oxidation sites excluding steroid dienone is 1. The number of ketones is 1. The minimum absolute atomic E-state index is 0.227. The van der Waals surface area contributed by atoms with Crippen molar-refractivity contribution >= 4 is 17.1 Å². The molecule has 3 fully saturated rings. The van der Waals surface area contributed by atoms with E-state index in [-0.39, 0.29) is 5.41 Å². The van der Waals surface area contributed by atoms with Crippen LogP contribution < -0.4 is 0 Å². The Labute approximate surface area is 191 Å². The Balaban J connectivity index is 1.35. The summed E-state index contributed by atoms with van der Waals surface area (Å²) in [4.78, 5) is 12.4. The van der Waals surface area contributed by atoms with Gasteiger partial charge in [-0.3, -0.25) is 4.79 Å². The van der Waals surface area contributed by atoms with E-state index in [1.807, 2.05) is 0 Å². The lowest BCUT2D eigenvalue weighted by Gasteiger charge is -2.58. The normalized spacial score (nSPS) is 37.0. The van der Waals surface area contributed by atoms with Crippen LogP contribution in [-0.4, -0.2) is 5.78 Å². The van der Waals surface area contributed by atoms with E-state index < -0.39 is 0 Å². The summed E-state index contributed by atoms with van der Waals surface area (Å²) in [6, 6.07) is 11.5. The van der Waals surface area contributed by atoms with E-state index in [1.165, 1.54) is 60.8 Å². The van der Waals surface area contributed by atoms with Crippen molar-refractivity contribution in [3.8, 4) is 11.1 Å². The zero-order valence-electron chi connectivity index (χ0n) is 18.7. The minimum Gasteiger partial charge on any atom is -0.295 e. The second kappa shape index (κ2) is 7.44. The second-order valence-electron chi connectivity index (χ2n) is 11.2. The van der Waals surface area contributed by atoms with Crippen LogP contribution in [-0.2, 0) is 11.2 Å². The van der Waals surface area contributed by atoms with Crippen LogP contribution in [0.4, 0.5) is 0 Å². The molecule has 6 rings (SSSR count). The molecule has 0 unspecified atom stereocenters. The molecule has 1 nitrogen and oxygen atoms in total. The average Bonchev–Trinajstić information content (AvgIpc) is 3.44. The molecule has 0 radical (unpaired) electrons. The highest BCUT2D eigenvalue weighted by atomic mass is 32.1. The molecule has 4 aliphatic rings. The molecule has 3 saturated carbocycles. The lowest BCUT2D eigenvalue weighted by Crippen LogP contribution is -2.51. The van der Waals surface area contributed by atoms with Gasteiger partial charge in [0.15, 0.2) is 5.78 Å². The van der Waals surface area contributed by atoms with Gasteiger partial charge in [0.1, 0.15) is 0 Å². The predicted molar refractivity (Wildman–Crippen MR) is 129 cm³/mol. The summed E-state index contributed by atoms with van der Waals surface area (Å²) < 4.78 is 0. The maximum absolute atomic E-state index is 12.4. The van der Waals surface area contributed by atoms with Gasteiger partial charge >= 0.3 is 0 Å². The van der Waals surface area contributed by atoms with Gasteiger partial charge in [0, 0.05) is 6.42 Å². The smallest absolute Gasteiger partial charge is 0.155 e. The molecule has 0 bridgehead atoms. The summed E-state index contributed by atoms with van der Waals surface area (Å²) in [7, 11) is 0. The fourth-order valence-electron chi connectivity index (χ4n) is 8.29. The number of hydrogen-bond donors (Lipinski definition) is 0. The van der Waals surface area contributed by atoms with Crippen molar-refractivity contribution in [2.75, 3.05) is 0 Å². The maximum Gasteiger partial charge on any atom is 0.155 e. The van der Waals surface area contributed by atoms with Crippen molar-refractivity contribution in [1.82, 2.24) is 0 Å². The number of fused-ring (bicyclic) bond motifs is 5. The summed E-state index contributed by atoms with van der Waals surface area (Å²) in [5.41, 5.74) is 6.43. The topological polar surface area (TPSA) is 17.1 Å². The molecule has 1 aromatic heterocycles. The van der Waals surface area contributed by atoms with Gasteiger partial charge in [-0.1, -0.05) is 43.2 Å². The highest BCUT2D eigenvalue weighted by Gasteiger charge is 2.57. The van der Waals surface area contributed by atoms with Gasteiger partial charge in [0.05, 0.1) is 0 Å². The first-order valence-corrected chi connectivity index (χ1v) is 13.4. The summed E-state index contributed by atoms with van der Waals surface area (Å²) in [6.07, 6.45) is 14.6. The SMILES string of the molecule is C[C@@]12CCC[C@H]1[C@@H]1CCC3=CC(=O)CC[C@]3(Cc3ccc(-c4ccsc4)cc3)[C@@H]1CC2. The Morgan fingerprint density at radius 1 is 0.935 bits per heavy atom. The molecule has 31 heavy (non-hydrogen) atoms. The quantitative estimate of drug-likeness (QED) is 0.484. The number of hydrogen-bond acceptors (Lipinski definition) is 2. The van der Waals surface area contributed by atoms with Crippen LogP contribution in [0.15, 0.2) is 52.7 Å². The first-order valence-electron chi connectivity index (χ1n) is 12.4. The summed E-state index contributed by atoms with van der Waals surface area (Å²) >= 11 is 1.76. The average molecular weight is 431 g/mol. The summed E-state index contributed by atoms with van der Waals surface area (Å²) in [6.45, 7) is 2.59. The predicted octanol–water partition coefficient (Wildman–Crippen LogP) is 7.86. The highest BCUT2D eigenvalue weighted by Crippen LogP contribution is 2.66. The Morgan fingerprint density at radius 2 is 1.81 bits per heavy atom. The molecule has 4 aliphatic carbocycles. The number of thiophene rings is 1. The van der Waals surface area contributed by atoms with Crippen molar-refractivity contribution in [2.45, 2.75) is 71.1 Å². The second-order valence-corrected chi connectivity index (χ2v) is 12.0. The molecule has 5 atom stereocenters. The van der Waals surface area contributed by atoms with E-state index >= 15 is 0 Å². The molecule has 0 spiro atoms. The largest absolute Gasteiger partial charge is 0.295 e. The summed E-state index contributed by atoms with van der Waals surface area (Å²) in [5.74, 6) is 2.94. The van der Waals surface area contributed by atoms with Crippen LogP contribution in [0.5, 0.6) is 0 Å². The third kappa shape index (κ3) is 3.20. The maximum atomic E-state index is 12.4. The van der Waals surface area contributed by atoms with E-state index in [0.29, 0.717) is 11.2 Å². The molecular formula is C29H34OS. The zero-order valence-corrected chi connectivity index (χ0v) is 19.6. The van der Waals surface area contributed by atoms with Gasteiger partial charge in [-0.2, -0.15) is 11.3 Å². The van der Waals surface area contributed by atoms with Crippen LogP contribution in [0.25, 0.3) is 11.1 Å². The highest BCUT2D eigenvalue weighted by molar-refractivity contribution is 7.08. The van der Waals surface area contributed by atoms with E-state index in [2.05, 4.69) is 54.1 Å². The Hall–Kier alpha value is -1.67. The van der Waals surface area contributed by atoms with Gasteiger partial charge in [0.25, 0.3) is 0 Å². The van der Waals surface area contributed by atoms with Crippen molar-refractivity contribution in [3.63, 3.8) is 0 Å². The molecule has 162 valence electrons. The fourth-order valence-corrected chi connectivity index (χ4v) is 8.96. The third-order valence-electron chi connectivity index (χ3n) is 9.80. The number of benzene rings is 1. The van der Waals surface area contributed by atoms with Crippen LogP contribution in [0, 0.1) is 28.6 Å². The van der Waals surface area contributed by atoms with Gasteiger partial charge in [-0.05, 0) is 120 Å². The van der Waals surface area contributed by atoms with E-state index in [4.69, 9.17) is 0 Å². The van der Waals surface area contributed by atoms with E-state index in [1.54, 1.807) is 11.3 Å². The molecule has 1 heterocycles. The number of carbonyl (C=O) groups is 1. The van der Waals surface area contributed by atoms with Crippen LogP contribution in [0.1, 0.15) is 70.3 Å². The standard InChI is InChI=1S/C29H34OS/c1-28-13-2-3-26(28)25-9-8-23-17-24(30)10-15-29(23,27(25)11-14-28)18-20-4-6-21(7-5-20)22-12-16-31-19-22/h4-7,12,16-17,19,25-27H,2-3,8-11,13-15,18H2,1H3/t25-,26-,27+,28-,29+/m0/s1. The monoisotopic (exact) mass is 430 g/mol. The van der Waals surface area contributed by atoms with Gasteiger partial charge in [-0.15, -0.1) is 0 Å². The molecule has 2 aromatic rings. The Bertz CT molecular complexity index is 1000. The third-order valence-corrected chi connectivity index (χ3v) is 10.5. The molecule has 0 saturated heterocycles. The van der Waals surface area contributed by atoms with Gasteiger partial charge < -0.3 is 0 Å². The van der Waals surface area contributed by atoms with Gasteiger partial charge in [0.2, 0.25) is 0 Å². The van der Waals surface area contributed by atoms with Crippen molar-refractivity contribution in [2.24, 2.45) is 28.6 Å². The molecule has 2 heteroatoms. The molecule has 0 N–H and O–H groups in total. The van der Waals surface area contributed by atoms with Crippen LogP contribution >= 0.6 is 11.3 Å². The lowest BCUT2D eigenvalue weighted by molar-refractivity contribution is -0.117. The van der Waals surface area contributed by atoms with Gasteiger partial charge in [-0.25, -0.2) is 0 Å². The molecular weight excluding hydrogens is 396 g/mol. The minimum atomic E-state index is 0.227. The fraction of sp³-hybridized carbons (Fsp3) is 0.552. The first-order chi connectivity index (χ1) is 15.1. The van der Waals surface area contributed by atoms with Crippen molar-refractivity contribution in [1.29, 1.82) is 0 Å². The van der Waals surface area contributed by atoms with E-state index in [0.717, 1.165) is 43.4 Å². The van der Waals surface area contributed by atoms with Crippen LogP contribution in [0.3, 0.4) is 0 Å². The first kappa shape index (κ1) is 20.0. The molecule has 1 aromatic carbocycles. The Kier molecular flexibility index (Phi) is 4.79. The van der Waals surface area contributed by atoms with Crippen molar-refractivity contribution < 1.29 is 4.79 Å². The zero-order chi connectivity index (χ0) is 21.1. The summed E-state index contributed by atoms with van der Waals surface area (Å²) in [5, 5.41) is 4.38. The Morgan fingerprint density at radius 3 is 2.61 bits per heavy atom. The molecule has 0 amide bonds. The number of rotatable bonds is 3. The number of carbonyl (C=O) groups excluding carboxylic acids is 1. The van der Waals surface area contributed by atoms with Crippen molar-refractivity contribution in [3.05, 3.63) is 58.3 Å². The van der Waals surface area contributed by atoms with Crippen LogP contribution in [0.2, 0.25) is 0 Å².